The number of hydrogen-bond donors (Lipinski definition) is 2. The number of nitrogens with zero attached hydrogens (tertiary/aromatic N) is 2. The second-order valence-corrected chi connectivity index (χ2v) is 7.80. The van der Waals surface area contributed by atoms with Crippen LogP contribution in [0, 0.1) is 0 Å². The molecule has 3 aromatic rings. The molecule has 0 saturated carbocycles. The molecule has 0 amide bonds. The Morgan fingerprint density at radius 3 is 2.48 bits per heavy atom. The Morgan fingerprint density at radius 1 is 1.00 bits per heavy atom. The minimum atomic E-state index is -3.57. The van der Waals surface area contributed by atoms with Gasteiger partial charge in [0.25, 0.3) is 0 Å². The van der Waals surface area contributed by atoms with E-state index in [0.29, 0.717) is 29.6 Å². The van der Waals surface area contributed by atoms with E-state index >= 15 is 0 Å². The van der Waals surface area contributed by atoms with Crippen LogP contribution in [0.4, 0.5) is 11.5 Å². The number of sulfonamides is 1. The normalized spacial score (nSPS) is 11.2. The maximum Gasteiger partial charge on any atom is 0.240 e. The van der Waals surface area contributed by atoms with Crippen LogP contribution in [0.2, 0.25) is 0 Å². The number of hydrogen-bond acceptors (Lipinski definition) is 7. The molecule has 0 spiro atoms. The highest BCUT2D eigenvalue weighted by Crippen LogP contribution is 2.29. The minimum absolute atomic E-state index is 0.177. The number of para-hydroxylation sites is 1. The summed E-state index contributed by atoms with van der Waals surface area (Å²) in [5.74, 6) is 1.29. The number of aromatic nitrogens is 2. The average Bonchev–Trinajstić information content (AvgIpc) is 2.74. The third-order valence-corrected chi connectivity index (χ3v) is 5.56. The van der Waals surface area contributed by atoms with Crippen molar-refractivity contribution < 1.29 is 17.9 Å². The molecular weight excluding hydrogens is 392 g/mol. The van der Waals surface area contributed by atoms with Gasteiger partial charge in [-0.1, -0.05) is 12.1 Å². The number of anilines is 2. The Labute approximate surface area is 170 Å². The van der Waals surface area contributed by atoms with Gasteiger partial charge in [-0.25, -0.2) is 23.1 Å². The maximum atomic E-state index is 12.2. The summed E-state index contributed by atoms with van der Waals surface area (Å²) in [5, 5.41) is 3.16. The highest BCUT2D eigenvalue weighted by Gasteiger charge is 2.13. The van der Waals surface area contributed by atoms with Crippen LogP contribution in [-0.2, 0) is 14.8 Å². The molecular formula is C20H22N4O4S. The molecule has 0 atom stereocenters. The van der Waals surface area contributed by atoms with E-state index in [0.717, 1.165) is 5.56 Å². The van der Waals surface area contributed by atoms with Crippen LogP contribution in [0.15, 0.2) is 65.8 Å². The Morgan fingerprint density at radius 2 is 1.76 bits per heavy atom. The monoisotopic (exact) mass is 414 g/mol. The zero-order valence-electron chi connectivity index (χ0n) is 16.1. The van der Waals surface area contributed by atoms with Gasteiger partial charge in [-0.05, 0) is 36.4 Å². The summed E-state index contributed by atoms with van der Waals surface area (Å²) < 4.78 is 37.2. The van der Waals surface area contributed by atoms with Crippen molar-refractivity contribution in [3.05, 3.63) is 60.9 Å². The van der Waals surface area contributed by atoms with E-state index in [9.17, 15) is 8.42 Å². The third-order valence-electron chi connectivity index (χ3n) is 4.09. The Kier molecular flexibility index (Phi) is 6.76. The summed E-state index contributed by atoms with van der Waals surface area (Å²) in [6, 6.07) is 15.8. The quantitative estimate of drug-likeness (QED) is 0.519. The first-order chi connectivity index (χ1) is 14.0. The standard InChI is InChI=1S/C20H22N4O4S/c1-27-12-11-23-29(25,26)16-9-7-15(8-10-16)24-20-13-18(21-14-22-20)17-5-3-4-6-19(17)28-2/h3-10,13-14,23H,11-12H2,1-2H3,(H,21,22,24). The fraction of sp³-hybridized carbons (Fsp3) is 0.200. The lowest BCUT2D eigenvalue weighted by molar-refractivity contribution is 0.204. The van der Waals surface area contributed by atoms with Gasteiger partial charge < -0.3 is 14.8 Å². The minimum Gasteiger partial charge on any atom is -0.496 e. The zero-order valence-corrected chi connectivity index (χ0v) is 16.9. The molecule has 0 radical (unpaired) electrons. The van der Waals surface area contributed by atoms with E-state index in [2.05, 4.69) is 20.0 Å². The number of nitrogens with one attached hydrogen (secondary N) is 2. The molecule has 0 aliphatic heterocycles. The highest BCUT2D eigenvalue weighted by atomic mass is 32.2. The molecule has 8 nitrogen and oxygen atoms in total. The summed E-state index contributed by atoms with van der Waals surface area (Å²) in [6.07, 6.45) is 1.46. The van der Waals surface area contributed by atoms with Gasteiger partial charge in [0.15, 0.2) is 0 Å². The van der Waals surface area contributed by atoms with E-state index in [1.165, 1.54) is 25.6 Å². The second kappa shape index (κ2) is 9.46. The molecule has 1 heterocycles. The Hall–Kier alpha value is -3.01. The molecule has 0 aliphatic rings. The molecule has 0 saturated heterocycles. The van der Waals surface area contributed by atoms with Crippen molar-refractivity contribution in [1.29, 1.82) is 0 Å². The van der Waals surface area contributed by atoms with Gasteiger partial charge in [-0.15, -0.1) is 0 Å². The van der Waals surface area contributed by atoms with Crippen molar-refractivity contribution in [2.75, 3.05) is 32.7 Å². The van der Waals surface area contributed by atoms with Crippen LogP contribution in [0.25, 0.3) is 11.3 Å². The van der Waals surface area contributed by atoms with E-state index < -0.39 is 10.0 Å². The van der Waals surface area contributed by atoms with Crippen LogP contribution in [0.3, 0.4) is 0 Å². The van der Waals surface area contributed by atoms with Gasteiger partial charge in [-0.3, -0.25) is 0 Å². The first kappa shape index (κ1) is 20.7. The topological polar surface area (TPSA) is 102 Å². The van der Waals surface area contributed by atoms with Crippen LogP contribution in [-0.4, -0.2) is 45.8 Å². The van der Waals surface area contributed by atoms with Crippen molar-refractivity contribution in [2.24, 2.45) is 0 Å². The predicted octanol–water partition coefficient (Wildman–Crippen LogP) is 2.82. The summed E-state index contributed by atoms with van der Waals surface area (Å²) in [4.78, 5) is 8.72. The van der Waals surface area contributed by atoms with Crippen molar-refractivity contribution in [1.82, 2.24) is 14.7 Å². The average molecular weight is 414 g/mol. The van der Waals surface area contributed by atoms with E-state index in [4.69, 9.17) is 9.47 Å². The van der Waals surface area contributed by atoms with Crippen molar-refractivity contribution in [3.8, 4) is 17.0 Å². The lowest BCUT2D eigenvalue weighted by atomic mass is 10.1. The van der Waals surface area contributed by atoms with Crippen molar-refractivity contribution in [3.63, 3.8) is 0 Å². The zero-order chi connectivity index (χ0) is 20.7. The Balaban J connectivity index is 1.76. The van der Waals surface area contributed by atoms with E-state index in [1.807, 2.05) is 24.3 Å². The summed E-state index contributed by atoms with van der Waals surface area (Å²) in [7, 11) is -0.445. The third kappa shape index (κ3) is 5.29. The summed E-state index contributed by atoms with van der Waals surface area (Å²) in [5.41, 5.74) is 2.26. The summed E-state index contributed by atoms with van der Waals surface area (Å²) in [6.45, 7) is 0.520. The largest absolute Gasteiger partial charge is 0.496 e. The maximum absolute atomic E-state index is 12.2. The van der Waals surface area contributed by atoms with Crippen LogP contribution >= 0.6 is 0 Å². The lowest BCUT2D eigenvalue weighted by Crippen LogP contribution is -2.27. The van der Waals surface area contributed by atoms with Gasteiger partial charge in [-0.2, -0.15) is 0 Å². The lowest BCUT2D eigenvalue weighted by Gasteiger charge is -2.10. The summed E-state index contributed by atoms with van der Waals surface area (Å²) >= 11 is 0. The van der Waals surface area contributed by atoms with Gasteiger partial charge >= 0.3 is 0 Å². The molecule has 2 aromatic carbocycles. The predicted molar refractivity (Wildman–Crippen MR) is 111 cm³/mol. The number of rotatable bonds is 9. The number of benzene rings is 2. The van der Waals surface area contributed by atoms with Gasteiger partial charge in [0.1, 0.15) is 17.9 Å². The smallest absolute Gasteiger partial charge is 0.240 e. The molecule has 2 N–H and O–H groups in total. The molecule has 0 unspecified atom stereocenters. The van der Waals surface area contributed by atoms with Crippen molar-refractivity contribution >= 4 is 21.5 Å². The molecule has 29 heavy (non-hydrogen) atoms. The van der Waals surface area contributed by atoms with E-state index in [1.54, 1.807) is 25.3 Å². The molecule has 0 aliphatic carbocycles. The highest BCUT2D eigenvalue weighted by molar-refractivity contribution is 7.89. The number of methoxy groups -OCH3 is 2. The molecule has 1 aromatic heterocycles. The van der Waals surface area contributed by atoms with Crippen LogP contribution in [0.5, 0.6) is 5.75 Å². The fourth-order valence-corrected chi connectivity index (χ4v) is 3.67. The SMILES string of the molecule is COCCNS(=O)(=O)c1ccc(Nc2cc(-c3ccccc3OC)ncn2)cc1. The van der Waals surface area contributed by atoms with Gasteiger partial charge in [0, 0.05) is 31.0 Å². The second-order valence-electron chi connectivity index (χ2n) is 6.03. The fourth-order valence-electron chi connectivity index (χ4n) is 2.66. The van der Waals surface area contributed by atoms with E-state index in [-0.39, 0.29) is 11.4 Å². The molecule has 9 heteroatoms. The Bertz CT molecular complexity index is 1060. The van der Waals surface area contributed by atoms with Crippen LogP contribution in [0.1, 0.15) is 0 Å². The van der Waals surface area contributed by atoms with Gasteiger partial charge in [0.05, 0.1) is 24.3 Å². The molecule has 0 bridgehead atoms. The molecule has 0 fully saturated rings. The van der Waals surface area contributed by atoms with Crippen molar-refractivity contribution in [2.45, 2.75) is 4.90 Å². The first-order valence-corrected chi connectivity index (χ1v) is 10.3. The van der Waals surface area contributed by atoms with Crippen LogP contribution < -0.4 is 14.8 Å². The molecule has 152 valence electrons. The first-order valence-electron chi connectivity index (χ1n) is 8.84. The number of ether oxygens (including phenoxy) is 2. The molecule has 3 rings (SSSR count). The van der Waals surface area contributed by atoms with Gasteiger partial charge in [0.2, 0.25) is 10.0 Å².